The normalized spacial score (nSPS) is 11.0. The smallest absolute Gasteiger partial charge is 0.230 e. The van der Waals surface area contributed by atoms with Crippen LogP contribution in [0, 0.1) is 0 Å². The summed E-state index contributed by atoms with van der Waals surface area (Å²) in [4.78, 5) is 11.8. The van der Waals surface area contributed by atoms with E-state index < -0.39 is 0 Å². The van der Waals surface area contributed by atoms with Crippen molar-refractivity contribution < 1.29 is 9.90 Å². The van der Waals surface area contributed by atoms with E-state index >= 15 is 0 Å². The fourth-order valence-electron chi connectivity index (χ4n) is 2.39. The number of carbonyl (C=O) groups is 1. The highest BCUT2D eigenvalue weighted by molar-refractivity contribution is 7.80. The second-order valence-corrected chi connectivity index (χ2v) is 5.43. The van der Waals surface area contributed by atoms with Gasteiger partial charge in [0.2, 0.25) is 16.9 Å². The van der Waals surface area contributed by atoms with Gasteiger partial charge in [0.05, 0.1) is 5.52 Å². The van der Waals surface area contributed by atoms with Gasteiger partial charge in [-0.15, -0.1) is 10.2 Å². The van der Waals surface area contributed by atoms with E-state index in [9.17, 15) is 9.90 Å². The molecule has 0 unspecified atom stereocenters. The Morgan fingerprint density at radius 2 is 1.79 bits per heavy atom. The van der Waals surface area contributed by atoms with Crippen molar-refractivity contribution in [2.45, 2.75) is 6.92 Å². The molecule has 0 fully saturated rings. The maximum absolute atomic E-state index is 11.8. The maximum Gasteiger partial charge on any atom is 0.230 e. The zero-order valence-electron chi connectivity index (χ0n) is 12.8. The lowest BCUT2D eigenvalue weighted by Gasteiger charge is -2.01. The molecule has 120 valence electrons. The average molecular weight is 338 g/mol. The molecule has 0 radical (unpaired) electrons. The predicted molar refractivity (Wildman–Crippen MR) is 97.1 cm³/mol. The first-order valence-electron chi connectivity index (χ1n) is 7.19. The number of aromatic hydroxyl groups is 1. The van der Waals surface area contributed by atoms with Crippen molar-refractivity contribution in [2.75, 3.05) is 5.32 Å². The van der Waals surface area contributed by atoms with Crippen LogP contribution in [0.15, 0.2) is 64.8 Å². The van der Waals surface area contributed by atoms with E-state index in [0.717, 1.165) is 5.69 Å². The molecule has 0 amide bonds. The predicted octanol–water partition coefficient (Wildman–Crippen LogP) is 4.49. The monoisotopic (exact) mass is 338 g/mol. The van der Waals surface area contributed by atoms with Gasteiger partial charge in [0, 0.05) is 18.0 Å². The van der Waals surface area contributed by atoms with Gasteiger partial charge in [-0.1, -0.05) is 36.4 Å². The van der Waals surface area contributed by atoms with E-state index in [1.165, 1.54) is 11.5 Å². The van der Waals surface area contributed by atoms with Gasteiger partial charge in [0.1, 0.15) is 0 Å². The van der Waals surface area contributed by atoms with E-state index in [1.54, 1.807) is 24.3 Å². The summed E-state index contributed by atoms with van der Waals surface area (Å²) in [6.07, 6.45) is 0. The van der Waals surface area contributed by atoms with Crippen LogP contribution < -0.4 is 5.32 Å². The van der Waals surface area contributed by atoms with Crippen LogP contribution in [0.5, 0.6) is 5.88 Å². The van der Waals surface area contributed by atoms with Crippen LogP contribution in [0.1, 0.15) is 11.7 Å². The minimum atomic E-state index is -0.310. The van der Waals surface area contributed by atoms with Gasteiger partial charge in [-0.3, -0.25) is 4.79 Å². The molecule has 2 N–H and O–H groups in total. The first-order valence-corrected chi connectivity index (χ1v) is 7.60. The van der Waals surface area contributed by atoms with Gasteiger partial charge in [-0.05, 0) is 30.4 Å². The zero-order chi connectivity index (χ0) is 17.1. The minimum Gasteiger partial charge on any atom is -0.493 e. The number of aromatic nitrogens is 1. The van der Waals surface area contributed by atoms with Crippen LogP contribution in [0.2, 0.25) is 0 Å². The Kier molecular flexibility index (Phi) is 4.35. The number of fused-ring (bicyclic) bond motifs is 1. The Balaban J connectivity index is 1.94. The van der Waals surface area contributed by atoms with Crippen molar-refractivity contribution in [1.29, 1.82) is 0 Å². The number of hydrogen-bond donors (Lipinski definition) is 2. The summed E-state index contributed by atoms with van der Waals surface area (Å²) in [7, 11) is 0. The molecule has 3 rings (SSSR count). The molecule has 0 bridgehead atoms. The topological polar surface area (TPSA) is 79.0 Å². The summed E-state index contributed by atoms with van der Waals surface area (Å²) in [6, 6.07) is 16.4. The molecule has 3 aromatic rings. The van der Waals surface area contributed by atoms with Gasteiger partial charge >= 0.3 is 0 Å². The Morgan fingerprint density at radius 3 is 2.50 bits per heavy atom. The highest BCUT2D eigenvalue weighted by atomic mass is 32.1. The zero-order valence-corrected chi connectivity index (χ0v) is 13.6. The molecule has 0 saturated heterocycles. The summed E-state index contributed by atoms with van der Waals surface area (Å²) in [5.41, 5.74) is 1.56. The second-order valence-electron chi connectivity index (χ2n) is 5.04. The molecular weight excluding hydrogens is 324 g/mol. The van der Waals surface area contributed by atoms with Gasteiger partial charge in [0.15, 0.2) is 5.69 Å². The third-order valence-electron chi connectivity index (χ3n) is 3.40. The van der Waals surface area contributed by atoms with Crippen molar-refractivity contribution >= 4 is 45.5 Å². The molecule has 1 heterocycles. The van der Waals surface area contributed by atoms with Crippen LogP contribution in [-0.4, -0.2) is 20.7 Å². The van der Waals surface area contributed by atoms with Crippen molar-refractivity contribution in [2.24, 2.45) is 10.2 Å². The number of para-hydroxylation sites is 2. The third-order valence-corrected chi connectivity index (χ3v) is 3.59. The Bertz CT molecular complexity index is 948. The largest absolute Gasteiger partial charge is 0.493 e. The molecular formula is C17H14N4O2S. The van der Waals surface area contributed by atoms with Crippen LogP contribution in [0.4, 0.5) is 11.4 Å². The fraction of sp³-hybridized carbons (Fsp3) is 0.0588. The number of benzene rings is 2. The van der Waals surface area contributed by atoms with Crippen molar-refractivity contribution in [1.82, 2.24) is 4.57 Å². The summed E-state index contributed by atoms with van der Waals surface area (Å²) in [6.45, 7) is 1.37. The number of anilines is 1. The molecule has 0 aliphatic carbocycles. The Morgan fingerprint density at radius 1 is 1.12 bits per heavy atom. The molecule has 7 heteroatoms. The van der Waals surface area contributed by atoms with Crippen LogP contribution in [-0.2, 0) is 0 Å². The molecule has 6 nitrogen and oxygen atoms in total. The SMILES string of the molecule is CC(=O)n1c(O)c(N=NC(=S)Nc2ccccc2)c2ccccc21. The van der Waals surface area contributed by atoms with E-state index in [0.29, 0.717) is 10.9 Å². The molecule has 0 aliphatic rings. The number of nitrogens with zero attached hydrogens (tertiary/aromatic N) is 3. The van der Waals surface area contributed by atoms with Crippen molar-refractivity contribution in [3.63, 3.8) is 0 Å². The highest BCUT2D eigenvalue weighted by Gasteiger charge is 2.18. The second kappa shape index (κ2) is 6.59. The van der Waals surface area contributed by atoms with Crippen LogP contribution >= 0.6 is 12.2 Å². The number of rotatable bonds is 2. The lowest BCUT2D eigenvalue weighted by molar-refractivity contribution is 0.0933. The van der Waals surface area contributed by atoms with Crippen molar-refractivity contribution in [3.8, 4) is 5.88 Å². The van der Waals surface area contributed by atoms with E-state index in [2.05, 4.69) is 15.5 Å². The van der Waals surface area contributed by atoms with Gasteiger partial charge in [0.25, 0.3) is 0 Å². The number of thiocarbonyl (C=S) groups is 1. The summed E-state index contributed by atoms with van der Waals surface area (Å²) < 4.78 is 1.19. The summed E-state index contributed by atoms with van der Waals surface area (Å²) in [5.74, 6) is -0.565. The Hall–Kier alpha value is -3.06. The first-order chi connectivity index (χ1) is 11.6. The molecule has 0 aliphatic heterocycles. The summed E-state index contributed by atoms with van der Waals surface area (Å²) >= 11 is 5.13. The lowest BCUT2D eigenvalue weighted by atomic mass is 10.2. The minimum absolute atomic E-state index is 0.153. The molecule has 1 aromatic heterocycles. The van der Waals surface area contributed by atoms with Gasteiger partial charge in [-0.25, -0.2) is 4.57 Å². The lowest BCUT2D eigenvalue weighted by Crippen LogP contribution is -2.04. The molecule has 0 saturated carbocycles. The van der Waals surface area contributed by atoms with E-state index in [-0.39, 0.29) is 22.6 Å². The fourth-order valence-corrected chi connectivity index (χ4v) is 2.55. The maximum atomic E-state index is 11.8. The molecule has 24 heavy (non-hydrogen) atoms. The number of nitrogens with one attached hydrogen (secondary N) is 1. The number of azo groups is 1. The van der Waals surface area contributed by atoms with E-state index in [1.807, 2.05) is 30.3 Å². The highest BCUT2D eigenvalue weighted by Crippen LogP contribution is 2.38. The quantitative estimate of drug-likeness (QED) is 0.533. The van der Waals surface area contributed by atoms with Gasteiger partial charge < -0.3 is 10.4 Å². The van der Waals surface area contributed by atoms with Crippen LogP contribution in [0.25, 0.3) is 10.9 Å². The third kappa shape index (κ3) is 3.02. The standard InChI is InChI=1S/C17H14N4O2S/c1-11(22)21-14-10-6-5-9-13(14)15(16(21)23)19-20-17(24)18-12-7-3-2-4-8-12/h2-10,23H,1H3,(H,18,24). The van der Waals surface area contributed by atoms with Crippen LogP contribution in [0.3, 0.4) is 0 Å². The van der Waals surface area contributed by atoms with E-state index in [4.69, 9.17) is 12.2 Å². The molecule has 2 aromatic carbocycles. The van der Waals surface area contributed by atoms with Gasteiger partial charge in [-0.2, -0.15) is 0 Å². The summed E-state index contributed by atoms with van der Waals surface area (Å²) in [5, 5.41) is 22.0. The average Bonchev–Trinajstić information content (AvgIpc) is 2.85. The molecule has 0 atom stereocenters. The Labute approximate surface area is 143 Å². The first kappa shape index (κ1) is 15.8. The molecule has 0 spiro atoms. The number of carbonyl (C=O) groups excluding carboxylic acids is 1. The van der Waals surface area contributed by atoms with Crippen molar-refractivity contribution in [3.05, 3.63) is 54.6 Å². The number of hydrogen-bond acceptors (Lipinski definition) is 4.